The first-order valence-corrected chi connectivity index (χ1v) is 3.82. The first kappa shape index (κ1) is 8.05. The van der Waals surface area contributed by atoms with Gasteiger partial charge in [0.25, 0.3) is 0 Å². The average molecular weight is 150 g/mol. The number of allylic oxidation sites excluding steroid dienone is 3. The zero-order valence-electron chi connectivity index (χ0n) is 7.26. The second kappa shape index (κ2) is 3.37. The Morgan fingerprint density at radius 3 is 2.64 bits per heavy atom. The van der Waals surface area contributed by atoms with E-state index in [9.17, 15) is 0 Å². The Morgan fingerprint density at radius 2 is 2.18 bits per heavy atom. The van der Waals surface area contributed by atoms with Gasteiger partial charge in [0.15, 0.2) is 0 Å². The minimum absolute atomic E-state index is 0.437. The summed E-state index contributed by atoms with van der Waals surface area (Å²) in [5, 5.41) is 3.10. The van der Waals surface area contributed by atoms with Crippen LogP contribution in [0.3, 0.4) is 0 Å². The van der Waals surface area contributed by atoms with Crippen molar-refractivity contribution in [3.63, 3.8) is 0 Å². The fourth-order valence-corrected chi connectivity index (χ4v) is 1.18. The van der Waals surface area contributed by atoms with Gasteiger partial charge in [0.1, 0.15) is 0 Å². The monoisotopic (exact) mass is 150 g/mol. The molecule has 0 radical (unpaired) electrons. The molecule has 60 valence electrons. The second-order valence-corrected chi connectivity index (χ2v) is 2.64. The molecule has 0 fully saturated rings. The van der Waals surface area contributed by atoms with Crippen LogP contribution in [0, 0.1) is 5.92 Å². The third-order valence-corrected chi connectivity index (χ3v) is 1.88. The Hall–Kier alpha value is -1.05. The third kappa shape index (κ3) is 1.70. The maximum atomic E-state index is 4.15. The molecule has 0 aliphatic heterocycles. The van der Waals surface area contributed by atoms with Crippen molar-refractivity contribution in [1.82, 2.24) is 5.32 Å². The van der Waals surface area contributed by atoms with Gasteiger partial charge < -0.3 is 5.32 Å². The van der Waals surface area contributed by atoms with E-state index >= 15 is 0 Å². The van der Waals surface area contributed by atoms with Crippen LogP contribution in [0.15, 0.2) is 28.9 Å². The van der Waals surface area contributed by atoms with Crippen molar-refractivity contribution in [2.75, 3.05) is 14.1 Å². The summed E-state index contributed by atoms with van der Waals surface area (Å²) in [5.41, 5.74) is 2.31. The molecule has 1 rings (SSSR count). The van der Waals surface area contributed by atoms with Crippen LogP contribution in [0.1, 0.15) is 6.92 Å². The molecule has 1 N–H and O–H groups in total. The van der Waals surface area contributed by atoms with Gasteiger partial charge >= 0.3 is 0 Å². The summed E-state index contributed by atoms with van der Waals surface area (Å²) < 4.78 is 0. The van der Waals surface area contributed by atoms with E-state index < -0.39 is 0 Å². The molecule has 0 heterocycles. The molecule has 11 heavy (non-hydrogen) atoms. The molecule has 0 spiro atoms. The standard InChI is InChI=1S/C9H14N2/c1-7-6-8(10-2)4-5-9(7)11-3/h4-7,10H,1-3H3. The van der Waals surface area contributed by atoms with Gasteiger partial charge in [-0.2, -0.15) is 0 Å². The van der Waals surface area contributed by atoms with Crippen molar-refractivity contribution in [2.24, 2.45) is 10.9 Å². The van der Waals surface area contributed by atoms with Crippen molar-refractivity contribution in [3.8, 4) is 0 Å². The molecule has 2 nitrogen and oxygen atoms in total. The van der Waals surface area contributed by atoms with Gasteiger partial charge in [-0.1, -0.05) is 13.0 Å². The van der Waals surface area contributed by atoms with Crippen molar-refractivity contribution >= 4 is 5.71 Å². The maximum Gasteiger partial charge on any atom is 0.0412 e. The molecule has 1 unspecified atom stereocenters. The van der Waals surface area contributed by atoms with E-state index in [1.165, 1.54) is 5.70 Å². The smallest absolute Gasteiger partial charge is 0.0412 e. The first-order chi connectivity index (χ1) is 5.27. The largest absolute Gasteiger partial charge is 0.388 e. The Labute approximate surface area is 67.7 Å². The SMILES string of the molecule is CN=C1C=CC(NC)=CC1C. The zero-order chi connectivity index (χ0) is 8.27. The van der Waals surface area contributed by atoms with Crippen LogP contribution in [-0.2, 0) is 0 Å². The highest BCUT2D eigenvalue weighted by atomic mass is 14.8. The maximum absolute atomic E-state index is 4.15. The van der Waals surface area contributed by atoms with Gasteiger partial charge in [-0.3, -0.25) is 4.99 Å². The highest BCUT2D eigenvalue weighted by Gasteiger charge is 2.08. The predicted octanol–water partition coefficient (Wildman–Crippen LogP) is 1.37. The van der Waals surface area contributed by atoms with Gasteiger partial charge in [-0.15, -0.1) is 0 Å². The molecule has 0 saturated carbocycles. The van der Waals surface area contributed by atoms with Gasteiger partial charge in [-0.05, 0) is 12.2 Å². The van der Waals surface area contributed by atoms with E-state index in [2.05, 4.69) is 29.4 Å². The molecular formula is C9H14N2. The van der Waals surface area contributed by atoms with Crippen molar-refractivity contribution in [1.29, 1.82) is 0 Å². The minimum atomic E-state index is 0.437. The van der Waals surface area contributed by atoms with E-state index in [4.69, 9.17) is 0 Å². The van der Waals surface area contributed by atoms with E-state index in [1.54, 1.807) is 0 Å². The quantitative estimate of drug-likeness (QED) is 0.599. The lowest BCUT2D eigenvalue weighted by Crippen LogP contribution is -2.15. The van der Waals surface area contributed by atoms with Crippen molar-refractivity contribution in [3.05, 3.63) is 23.9 Å². The highest BCUT2D eigenvalue weighted by molar-refractivity contribution is 5.99. The summed E-state index contributed by atoms with van der Waals surface area (Å²) in [4.78, 5) is 4.15. The molecular weight excluding hydrogens is 136 g/mol. The minimum Gasteiger partial charge on any atom is -0.388 e. The van der Waals surface area contributed by atoms with Crippen LogP contribution in [0.4, 0.5) is 0 Å². The fourth-order valence-electron chi connectivity index (χ4n) is 1.18. The van der Waals surface area contributed by atoms with Gasteiger partial charge in [-0.25, -0.2) is 0 Å². The van der Waals surface area contributed by atoms with E-state index in [-0.39, 0.29) is 0 Å². The lowest BCUT2D eigenvalue weighted by atomic mass is 9.99. The van der Waals surface area contributed by atoms with Gasteiger partial charge in [0.2, 0.25) is 0 Å². The molecule has 2 heteroatoms. The molecule has 0 bridgehead atoms. The molecule has 0 aromatic rings. The summed E-state index contributed by atoms with van der Waals surface area (Å²) in [6.07, 6.45) is 6.27. The van der Waals surface area contributed by atoms with Crippen LogP contribution in [0.2, 0.25) is 0 Å². The third-order valence-electron chi connectivity index (χ3n) is 1.88. The first-order valence-electron chi connectivity index (χ1n) is 3.82. The lowest BCUT2D eigenvalue weighted by Gasteiger charge is -2.13. The van der Waals surface area contributed by atoms with Crippen molar-refractivity contribution < 1.29 is 0 Å². The predicted molar refractivity (Wildman–Crippen MR) is 48.8 cm³/mol. The highest BCUT2D eigenvalue weighted by Crippen LogP contribution is 2.11. The van der Waals surface area contributed by atoms with Crippen LogP contribution < -0.4 is 5.32 Å². The number of likely N-dealkylation sites (N-methyl/N-ethyl adjacent to an activating group) is 1. The number of hydrogen-bond donors (Lipinski definition) is 1. The second-order valence-electron chi connectivity index (χ2n) is 2.64. The molecule has 1 aliphatic carbocycles. The molecule has 0 aromatic carbocycles. The van der Waals surface area contributed by atoms with Crippen LogP contribution >= 0.6 is 0 Å². The Bertz CT molecular complexity index is 224. The Balaban J connectivity index is 2.79. The van der Waals surface area contributed by atoms with Crippen LogP contribution in [-0.4, -0.2) is 19.8 Å². The molecule has 1 aliphatic rings. The Kier molecular flexibility index (Phi) is 2.47. The number of nitrogens with zero attached hydrogens (tertiary/aromatic N) is 1. The topological polar surface area (TPSA) is 24.4 Å². The van der Waals surface area contributed by atoms with E-state index in [0.717, 1.165) is 5.71 Å². The molecule has 0 aromatic heterocycles. The normalized spacial score (nSPS) is 27.0. The molecule has 1 atom stereocenters. The summed E-state index contributed by atoms with van der Waals surface area (Å²) in [5.74, 6) is 0.437. The number of rotatable bonds is 1. The van der Waals surface area contributed by atoms with E-state index in [1.807, 2.05) is 20.2 Å². The fraction of sp³-hybridized carbons (Fsp3) is 0.444. The average Bonchev–Trinajstić information content (AvgIpc) is 2.04. The number of aliphatic imine (C=N–C) groups is 1. The number of hydrogen-bond acceptors (Lipinski definition) is 2. The summed E-state index contributed by atoms with van der Waals surface area (Å²) >= 11 is 0. The molecule has 0 saturated heterocycles. The van der Waals surface area contributed by atoms with Gasteiger partial charge in [0.05, 0.1) is 0 Å². The van der Waals surface area contributed by atoms with Crippen molar-refractivity contribution in [2.45, 2.75) is 6.92 Å². The zero-order valence-corrected chi connectivity index (χ0v) is 7.26. The van der Waals surface area contributed by atoms with E-state index in [0.29, 0.717) is 5.92 Å². The van der Waals surface area contributed by atoms with Crippen LogP contribution in [0.25, 0.3) is 0 Å². The lowest BCUT2D eigenvalue weighted by molar-refractivity contribution is 0.924. The number of nitrogens with one attached hydrogen (secondary N) is 1. The van der Waals surface area contributed by atoms with Gasteiger partial charge in [0, 0.05) is 31.4 Å². The summed E-state index contributed by atoms with van der Waals surface area (Å²) in [7, 11) is 3.76. The molecule has 0 amide bonds. The summed E-state index contributed by atoms with van der Waals surface area (Å²) in [6, 6.07) is 0. The Morgan fingerprint density at radius 1 is 1.45 bits per heavy atom. The summed E-state index contributed by atoms with van der Waals surface area (Å²) in [6.45, 7) is 2.14. The van der Waals surface area contributed by atoms with Crippen LogP contribution in [0.5, 0.6) is 0 Å².